The molecule has 1 unspecified atom stereocenters. The largest absolute Gasteiger partial charge is 0.508 e. The summed E-state index contributed by atoms with van der Waals surface area (Å²) in [7, 11) is -2.92. The van der Waals surface area contributed by atoms with Gasteiger partial charge in [-0.05, 0) is 66.6 Å². The summed E-state index contributed by atoms with van der Waals surface area (Å²) < 4.78 is 47.6. The normalized spacial score (nSPS) is 13.4. The van der Waals surface area contributed by atoms with Crippen LogP contribution in [0.15, 0.2) is 77.7 Å². The van der Waals surface area contributed by atoms with Gasteiger partial charge in [-0.15, -0.1) is 0 Å². The Morgan fingerprint density at radius 3 is 2.27 bits per heavy atom. The number of methoxy groups -OCH3 is 1. The summed E-state index contributed by atoms with van der Waals surface area (Å²) in [6, 6.07) is 16.2. The van der Waals surface area contributed by atoms with Crippen LogP contribution in [0.4, 0.5) is 4.39 Å². The third-order valence-electron chi connectivity index (χ3n) is 5.34. The molecule has 3 rings (SSSR count). The Morgan fingerprint density at radius 2 is 1.73 bits per heavy atom. The van der Waals surface area contributed by atoms with Crippen molar-refractivity contribution in [3.05, 3.63) is 89.7 Å². The number of aromatic hydroxyl groups is 1. The van der Waals surface area contributed by atoms with Gasteiger partial charge in [0.1, 0.15) is 22.9 Å². The van der Waals surface area contributed by atoms with Gasteiger partial charge in [0.2, 0.25) is 10.0 Å². The van der Waals surface area contributed by atoms with Gasteiger partial charge in [0, 0.05) is 6.54 Å². The number of hydrogen-bond donors (Lipinski definition) is 3. The molecule has 10 heteroatoms. The molecule has 0 spiro atoms. The molecule has 1 amide bonds. The number of ether oxygens (including phenoxy) is 1. The second-order valence-electron chi connectivity index (χ2n) is 7.38. The lowest BCUT2D eigenvalue weighted by Crippen LogP contribution is -2.55. The molecule has 0 saturated heterocycles. The summed E-state index contributed by atoms with van der Waals surface area (Å²) in [5, 5.41) is 19.1. The Bertz CT molecular complexity index is 1230. The zero-order chi connectivity index (χ0) is 24.2. The number of amides is 1. The third-order valence-corrected chi connectivity index (χ3v) is 7.28. The number of carbonyl (C=O) groups excluding carboxylic acids is 1. The molecule has 174 valence electrons. The van der Waals surface area contributed by atoms with E-state index in [-0.39, 0.29) is 22.8 Å². The Kier molecular flexibility index (Phi) is 7.01. The summed E-state index contributed by atoms with van der Waals surface area (Å²) in [5.74, 6) is -1.36. The number of halogens is 1. The number of nitrogens with one attached hydrogen (secondary N) is 1. The summed E-state index contributed by atoms with van der Waals surface area (Å²) in [4.78, 5) is 12.8. The van der Waals surface area contributed by atoms with E-state index >= 15 is 0 Å². The first-order valence-electron chi connectivity index (χ1n) is 9.78. The number of sulfonamides is 1. The number of benzene rings is 3. The topological polar surface area (TPSA) is 116 Å². The predicted molar refractivity (Wildman–Crippen MR) is 118 cm³/mol. The molecule has 0 aromatic heterocycles. The van der Waals surface area contributed by atoms with Gasteiger partial charge in [-0.25, -0.2) is 18.3 Å². The molecule has 33 heavy (non-hydrogen) atoms. The Balaban J connectivity index is 2.24. The van der Waals surface area contributed by atoms with Gasteiger partial charge in [-0.2, -0.15) is 4.31 Å². The van der Waals surface area contributed by atoms with Gasteiger partial charge in [-0.3, -0.25) is 10.0 Å². The molecule has 0 saturated carbocycles. The van der Waals surface area contributed by atoms with Crippen molar-refractivity contribution in [2.45, 2.75) is 23.9 Å². The SMILES string of the molecule is COc1ccc(CN(C(C)(C(=O)NO)c2cccc(F)c2)S(=O)(=O)c2ccc(O)cc2)cc1. The van der Waals surface area contributed by atoms with Crippen LogP contribution in [-0.2, 0) is 26.9 Å². The number of phenolic OH excluding ortho intramolecular Hbond substituents is 1. The second-order valence-corrected chi connectivity index (χ2v) is 9.24. The van der Waals surface area contributed by atoms with Crippen molar-refractivity contribution in [3.63, 3.8) is 0 Å². The van der Waals surface area contributed by atoms with Gasteiger partial charge in [0.05, 0.1) is 12.0 Å². The number of nitrogens with zero attached hydrogens (tertiary/aromatic N) is 1. The highest BCUT2D eigenvalue weighted by molar-refractivity contribution is 7.89. The van der Waals surface area contributed by atoms with Crippen molar-refractivity contribution >= 4 is 15.9 Å². The van der Waals surface area contributed by atoms with Gasteiger partial charge in [0.15, 0.2) is 0 Å². The fraction of sp³-hybridized carbons (Fsp3) is 0.174. The molecule has 1 atom stereocenters. The van der Waals surface area contributed by atoms with E-state index in [9.17, 15) is 27.9 Å². The first kappa shape index (κ1) is 24.2. The van der Waals surface area contributed by atoms with E-state index in [1.165, 1.54) is 55.9 Å². The van der Waals surface area contributed by atoms with Crippen LogP contribution in [-0.4, -0.2) is 36.1 Å². The Morgan fingerprint density at radius 1 is 1.09 bits per heavy atom. The van der Waals surface area contributed by atoms with Crippen molar-refractivity contribution in [1.82, 2.24) is 9.79 Å². The van der Waals surface area contributed by atoms with Crippen LogP contribution < -0.4 is 10.2 Å². The lowest BCUT2D eigenvalue weighted by Gasteiger charge is -2.38. The second kappa shape index (κ2) is 9.57. The molecule has 0 aliphatic heterocycles. The highest BCUT2D eigenvalue weighted by Gasteiger charge is 2.48. The molecule has 0 fully saturated rings. The zero-order valence-electron chi connectivity index (χ0n) is 17.9. The van der Waals surface area contributed by atoms with Crippen molar-refractivity contribution in [3.8, 4) is 11.5 Å². The lowest BCUT2D eigenvalue weighted by molar-refractivity contribution is -0.139. The minimum Gasteiger partial charge on any atom is -0.508 e. The van der Waals surface area contributed by atoms with E-state index in [1.54, 1.807) is 24.3 Å². The van der Waals surface area contributed by atoms with Gasteiger partial charge in [0.25, 0.3) is 5.91 Å². The quantitative estimate of drug-likeness (QED) is 0.341. The maximum atomic E-state index is 14.1. The van der Waals surface area contributed by atoms with Crippen LogP contribution in [0.25, 0.3) is 0 Å². The fourth-order valence-electron chi connectivity index (χ4n) is 3.41. The monoisotopic (exact) mass is 474 g/mol. The van der Waals surface area contributed by atoms with Crippen LogP contribution >= 0.6 is 0 Å². The van der Waals surface area contributed by atoms with Crippen LogP contribution in [0.3, 0.4) is 0 Å². The molecule has 0 bridgehead atoms. The van der Waals surface area contributed by atoms with E-state index in [0.29, 0.717) is 11.3 Å². The van der Waals surface area contributed by atoms with Crippen LogP contribution in [0, 0.1) is 5.82 Å². The first-order valence-corrected chi connectivity index (χ1v) is 11.2. The molecular weight excluding hydrogens is 451 g/mol. The average Bonchev–Trinajstić information content (AvgIpc) is 2.82. The van der Waals surface area contributed by atoms with Crippen LogP contribution in [0.1, 0.15) is 18.1 Å². The highest BCUT2D eigenvalue weighted by atomic mass is 32.2. The summed E-state index contributed by atoms with van der Waals surface area (Å²) in [5.41, 5.74) is -0.0243. The number of hydroxylamine groups is 1. The van der Waals surface area contributed by atoms with Gasteiger partial charge >= 0.3 is 0 Å². The van der Waals surface area contributed by atoms with Crippen LogP contribution in [0.2, 0.25) is 0 Å². The molecular formula is C23H23FN2O6S. The summed E-state index contributed by atoms with van der Waals surface area (Å²) in [6.07, 6.45) is 0. The predicted octanol–water partition coefficient (Wildman–Crippen LogP) is 3.15. The van der Waals surface area contributed by atoms with Gasteiger partial charge < -0.3 is 9.84 Å². The van der Waals surface area contributed by atoms with Crippen molar-refractivity contribution in [1.29, 1.82) is 0 Å². The first-order chi connectivity index (χ1) is 15.6. The number of phenols is 1. The Hall–Kier alpha value is -3.47. The number of rotatable bonds is 8. The molecule has 0 aliphatic rings. The van der Waals surface area contributed by atoms with E-state index in [1.807, 2.05) is 0 Å². The minimum absolute atomic E-state index is 0.00455. The van der Waals surface area contributed by atoms with E-state index < -0.39 is 27.3 Å². The fourth-order valence-corrected chi connectivity index (χ4v) is 5.14. The van der Waals surface area contributed by atoms with Crippen molar-refractivity contribution in [2.24, 2.45) is 0 Å². The number of carbonyl (C=O) groups is 1. The van der Waals surface area contributed by atoms with E-state index in [0.717, 1.165) is 16.4 Å². The Labute approximate surface area is 190 Å². The smallest absolute Gasteiger partial charge is 0.269 e. The van der Waals surface area contributed by atoms with E-state index in [4.69, 9.17) is 4.74 Å². The molecule has 3 aromatic carbocycles. The maximum Gasteiger partial charge on any atom is 0.269 e. The molecule has 0 aliphatic carbocycles. The molecule has 0 radical (unpaired) electrons. The number of hydrogen-bond acceptors (Lipinski definition) is 6. The lowest BCUT2D eigenvalue weighted by atomic mass is 9.90. The minimum atomic E-state index is -4.41. The molecule has 3 aromatic rings. The van der Waals surface area contributed by atoms with Crippen molar-refractivity contribution in [2.75, 3.05) is 7.11 Å². The molecule has 8 nitrogen and oxygen atoms in total. The van der Waals surface area contributed by atoms with Crippen LogP contribution in [0.5, 0.6) is 11.5 Å². The zero-order valence-corrected chi connectivity index (χ0v) is 18.7. The highest BCUT2D eigenvalue weighted by Crippen LogP contribution is 2.36. The standard InChI is InChI=1S/C23H23FN2O6S/c1-23(22(28)25-29,17-4-3-5-18(24)14-17)26(15-16-6-10-20(32-2)11-7-16)33(30,31)21-12-8-19(27)9-13-21/h3-14,27,29H,15H2,1-2H3,(H,25,28). The molecule has 0 heterocycles. The summed E-state index contributed by atoms with van der Waals surface area (Å²) >= 11 is 0. The van der Waals surface area contributed by atoms with Crippen molar-refractivity contribution < 1.29 is 32.7 Å². The average molecular weight is 475 g/mol. The summed E-state index contributed by atoms with van der Waals surface area (Å²) in [6.45, 7) is 0.975. The maximum absolute atomic E-state index is 14.1. The molecule has 3 N–H and O–H groups in total. The van der Waals surface area contributed by atoms with E-state index in [2.05, 4.69) is 0 Å². The third kappa shape index (κ3) is 4.82. The van der Waals surface area contributed by atoms with Gasteiger partial charge in [-0.1, -0.05) is 24.3 Å².